The van der Waals surface area contributed by atoms with Gasteiger partial charge >= 0.3 is 0 Å². The molecular weight excluding hydrogens is 372 g/mol. The molecule has 6 nitrogen and oxygen atoms in total. The molecule has 0 unspecified atom stereocenters. The maximum absolute atomic E-state index is 12.6. The molecule has 1 aromatic heterocycles. The molecular formula is C21H30N4O2S. The van der Waals surface area contributed by atoms with Crippen LogP contribution in [0, 0.1) is 0 Å². The summed E-state index contributed by atoms with van der Waals surface area (Å²) in [6.45, 7) is 7.54. The average molecular weight is 403 g/mol. The van der Waals surface area contributed by atoms with Crippen LogP contribution in [0.15, 0.2) is 41.7 Å². The van der Waals surface area contributed by atoms with Crippen LogP contribution in [0.5, 0.6) is 0 Å². The number of aryl methyl sites for hydroxylation is 1. The van der Waals surface area contributed by atoms with Crippen LogP contribution in [0.4, 0.5) is 0 Å². The first-order chi connectivity index (χ1) is 13.6. The summed E-state index contributed by atoms with van der Waals surface area (Å²) in [5.41, 5.74) is 2.22. The van der Waals surface area contributed by atoms with E-state index in [1.165, 1.54) is 24.9 Å². The van der Waals surface area contributed by atoms with Crippen LogP contribution >= 0.6 is 0 Å². The summed E-state index contributed by atoms with van der Waals surface area (Å²) in [7, 11) is -3.34. The quantitative estimate of drug-likeness (QED) is 0.711. The van der Waals surface area contributed by atoms with Gasteiger partial charge in [-0.1, -0.05) is 37.3 Å². The average Bonchev–Trinajstić information content (AvgIpc) is 3.34. The standard InChI is InChI=1S/C21H30N4O2S/c1-2-28(26,27)21-22-15-20(25(21)12-10-18-7-4-3-5-8-18)17-23-13-14-24-11-6-9-19(24)16-23/h3-5,7-8,15,19H,2,6,9-14,16-17H2,1H3/t19-/m1/s1. The highest BCUT2D eigenvalue weighted by Gasteiger charge is 2.31. The van der Waals surface area contributed by atoms with E-state index in [0.29, 0.717) is 12.6 Å². The Bertz CT molecular complexity index is 894. The van der Waals surface area contributed by atoms with Gasteiger partial charge in [0.1, 0.15) is 0 Å². The number of hydrogen-bond acceptors (Lipinski definition) is 5. The van der Waals surface area contributed by atoms with Crippen molar-refractivity contribution in [1.29, 1.82) is 0 Å². The SMILES string of the molecule is CCS(=O)(=O)c1ncc(CN2CCN3CCC[C@@H]3C2)n1CCc1ccccc1. The number of aromatic nitrogens is 2. The van der Waals surface area contributed by atoms with Crippen LogP contribution in [0.3, 0.4) is 0 Å². The lowest BCUT2D eigenvalue weighted by Gasteiger charge is -2.37. The summed E-state index contributed by atoms with van der Waals surface area (Å²) < 4.78 is 27.1. The number of piperazine rings is 1. The summed E-state index contributed by atoms with van der Waals surface area (Å²) in [6, 6.07) is 10.9. The fourth-order valence-electron chi connectivity index (χ4n) is 4.45. The van der Waals surface area contributed by atoms with Crippen molar-refractivity contribution in [1.82, 2.24) is 19.4 Å². The maximum Gasteiger partial charge on any atom is 0.227 e. The fraction of sp³-hybridized carbons (Fsp3) is 0.571. The van der Waals surface area contributed by atoms with Crippen LogP contribution in [0.2, 0.25) is 0 Å². The lowest BCUT2D eigenvalue weighted by Crippen LogP contribution is -2.49. The molecule has 0 radical (unpaired) electrons. The Hall–Kier alpha value is -1.70. The Labute approximate surface area is 168 Å². The topological polar surface area (TPSA) is 58.4 Å². The molecule has 28 heavy (non-hydrogen) atoms. The van der Waals surface area contributed by atoms with Crippen molar-refractivity contribution in [2.75, 3.05) is 31.9 Å². The molecule has 2 fully saturated rings. The zero-order valence-corrected chi connectivity index (χ0v) is 17.4. The molecule has 2 aliphatic heterocycles. The van der Waals surface area contributed by atoms with E-state index in [1.54, 1.807) is 13.1 Å². The number of imidazole rings is 1. The zero-order valence-electron chi connectivity index (χ0n) is 16.6. The summed E-state index contributed by atoms with van der Waals surface area (Å²) in [5, 5.41) is 0.223. The Morgan fingerprint density at radius 3 is 2.75 bits per heavy atom. The fourth-order valence-corrected chi connectivity index (χ4v) is 5.46. The molecule has 2 saturated heterocycles. The van der Waals surface area contributed by atoms with E-state index < -0.39 is 9.84 Å². The lowest BCUT2D eigenvalue weighted by atomic mass is 10.1. The molecule has 0 aliphatic carbocycles. The predicted octanol–water partition coefficient (Wildman–Crippen LogP) is 2.20. The highest BCUT2D eigenvalue weighted by molar-refractivity contribution is 7.91. The summed E-state index contributed by atoms with van der Waals surface area (Å²) in [6.07, 6.45) is 5.15. The number of sulfone groups is 1. The maximum atomic E-state index is 12.6. The molecule has 2 aromatic rings. The minimum atomic E-state index is -3.34. The first kappa shape index (κ1) is 19.6. The van der Waals surface area contributed by atoms with Gasteiger partial charge in [-0.15, -0.1) is 0 Å². The van der Waals surface area contributed by atoms with E-state index in [2.05, 4.69) is 26.9 Å². The van der Waals surface area contributed by atoms with Crippen LogP contribution in [-0.2, 0) is 29.3 Å². The van der Waals surface area contributed by atoms with E-state index >= 15 is 0 Å². The van der Waals surface area contributed by atoms with Gasteiger partial charge in [-0.25, -0.2) is 13.4 Å². The van der Waals surface area contributed by atoms with E-state index in [1.807, 2.05) is 22.8 Å². The normalized spacial score (nSPS) is 21.1. The zero-order chi connectivity index (χ0) is 19.6. The highest BCUT2D eigenvalue weighted by atomic mass is 32.2. The molecule has 0 saturated carbocycles. The second kappa shape index (κ2) is 8.35. The third-order valence-corrected chi connectivity index (χ3v) is 7.73. The van der Waals surface area contributed by atoms with Gasteiger partial charge in [0.2, 0.25) is 15.0 Å². The third-order valence-electron chi connectivity index (χ3n) is 6.08. The molecule has 1 atom stereocenters. The van der Waals surface area contributed by atoms with Gasteiger partial charge in [0.25, 0.3) is 0 Å². The molecule has 1 aromatic carbocycles. The smallest absolute Gasteiger partial charge is 0.227 e. The molecule has 2 aliphatic rings. The third kappa shape index (κ3) is 4.16. The summed E-state index contributed by atoms with van der Waals surface area (Å²) in [4.78, 5) is 9.40. The van der Waals surface area contributed by atoms with Crippen molar-refractivity contribution in [2.24, 2.45) is 0 Å². The first-order valence-electron chi connectivity index (χ1n) is 10.3. The minimum absolute atomic E-state index is 0.0789. The van der Waals surface area contributed by atoms with Crippen molar-refractivity contribution in [2.45, 2.75) is 50.5 Å². The Morgan fingerprint density at radius 1 is 1.14 bits per heavy atom. The van der Waals surface area contributed by atoms with Crippen LogP contribution in [0.25, 0.3) is 0 Å². The van der Waals surface area contributed by atoms with Gasteiger partial charge in [-0.2, -0.15) is 0 Å². The molecule has 0 N–H and O–H groups in total. The van der Waals surface area contributed by atoms with E-state index in [0.717, 1.165) is 38.3 Å². The van der Waals surface area contributed by atoms with Gasteiger partial charge in [-0.05, 0) is 31.4 Å². The predicted molar refractivity (Wildman–Crippen MR) is 110 cm³/mol. The second-order valence-electron chi connectivity index (χ2n) is 7.89. The van der Waals surface area contributed by atoms with Gasteiger partial charge < -0.3 is 4.57 Å². The van der Waals surface area contributed by atoms with Crippen molar-refractivity contribution in [3.05, 3.63) is 47.8 Å². The van der Waals surface area contributed by atoms with Crippen molar-refractivity contribution >= 4 is 9.84 Å². The first-order valence-corrected chi connectivity index (χ1v) is 12.0. The largest absolute Gasteiger partial charge is 0.317 e. The lowest BCUT2D eigenvalue weighted by molar-refractivity contribution is 0.0974. The Kier molecular flexibility index (Phi) is 5.85. The van der Waals surface area contributed by atoms with Crippen molar-refractivity contribution in [3.63, 3.8) is 0 Å². The molecule has 4 rings (SSSR count). The van der Waals surface area contributed by atoms with E-state index in [-0.39, 0.29) is 10.9 Å². The van der Waals surface area contributed by atoms with Gasteiger partial charge in [0.15, 0.2) is 0 Å². The van der Waals surface area contributed by atoms with Crippen molar-refractivity contribution < 1.29 is 8.42 Å². The van der Waals surface area contributed by atoms with Gasteiger partial charge in [-0.3, -0.25) is 9.80 Å². The van der Waals surface area contributed by atoms with E-state index in [9.17, 15) is 8.42 Å². The monoisotopic (exact) mass is 402 g/mol. The van der Waals surface area contributed by atoms with Gasteiger partial charge in [0.05, 0.1) is 17.6 Å². The van der Waals surface area contributed by atoms with Crippen molar-refractivity contribution in [3.8, 4) is 0 Å². The number of hydrogen-bond donors (Lipinski definition) is 0. The Morgan fingerprint density at radius 2 is 1.96 bits per heavy atom. The molecule has 3 heterocycles. The molecule has 0 spiro atoms. The minimum Gasteiger partial charge on any atom is -0.317 e. The van der Waals surface area contributed by atoms with Crippen LogP contribution in [0.1, 0.15) is 31.0 Å². The molecule has 7 heteroatoms. The number of fused-ring (bicyclic) bond motifs is 1. The number of nitrogens with zero attached hydrogens (tertiary/aromatic N) is 4. The molecule has 0 amide bonds. The van der Waals surface area contributed by atoms with Crippen LogP contribution < -0.4 is 0 Å². The highest BCUT2D eigenvalue weighted by Crippen LogP contribution is 2.23. The summed E-state index contributed by atoms with van der Waals surface area (Å²) >= 11 is 0. The van der Waals surface area contributed by atoms with E-state index in [4.69, 9.17) is 0 Å². The van der Waals surface area contributed by atoms with Gasteiger partial charge in [0, 0.05) is 38.8 Å². The number of benzene rings is 1. The van der Waals surface area contributed by atoms with Crippen LogP contribution in [-0.4, -0.2) is 65.7 Å². The molecule has 152 valence electrons. The second-order valence-corrected chi connectivity index (χ2v) is 10.1. The number of rotatable bonds is 7. The summed E-state index contributed by atoms with van der Waals surface area (Å²) in [5.74, 6) is 0.0789. The molecule has 0 bridgehead atoms. The Balaban J connectivity index is 1.54.